The van der Waals surface area contributed by atoms with Crippen LogP contribution in [0.2, 0.25) is 10.0 Å². The van der Waals surface area contributed by atoms with Gasteiger partial charge in [-0.05, 0) is 54.0 Å². The number of methoxy groups -OCH3 is 1. The Bertz CT molecular complexity index is 1390. The number of aryl methyl sites for hydroxylation is 1. The maximum Gasteiger partial charge on any atom is 0.335 e. The molecule has 1 N–H and O–H groups in total. The number of anilines is 1. The van der Waals surface area contributed by atoms with Crippen molar-refractivity contribution in [3.05, 3.63) is 93.0 Å². The van der Waals surface area contributed by atoms with Crippen LogP contribution in [0.5, 0.6) is 11.5 Å². The summed E-state index contributed by atoms with van der Waals surface area (Å²) < 4.78 is 11.3. The number of nitrogens with one attached hydrogen (secondary N) is 1. The zero-order chi connectivity index (χ0) is 25.8. The molecule has 0 unspecified atom stereocenters. The Balaban J connectivity index is 1.70. The van der Waals surface area contributed by atoms with Gasteiger partial charge in [-0.3, -0.25) is 14.9 Å². The number of rotatable bonds is 7. The minimum Gasteiger partial charge on any atom is -0.497 e. The van der Waals surface area contributed by atoms with E-state index in [1.54, 1.807) is 48.5 Å². The van der Waals surface area contributed by atoms with Crippen molar-refractivity contribution < 1.29 is 23.9 Å². The van der Waals surface area contributed by atoms with Gasteiger partial charge in [0.1, 0.15) is 23.7 Å². The largest absolute Gasteiger partial charge is 0.497 e. The highest BCUT2D eigenvalue weighted by atomic mass is 35.5. The number of hydrogen-bond acceptors (Lipinski definition) is 5. The smallest absolute Gasteiger partial charge is 0.335 e. The number of halogens is 2. The fourth-order valence-corrected chi connectivity index (χ4v) is 4.06. The van der Waals surface area contributed by atoms with Gasteiger partial charge in [-0.2, -0.15) is 0 Å². The van der Waals surface area contributed by atoms with E-state index in [9.17, 15) is 14.4 Å². The Morgan fingerprint density at radius 3 is 2.47 bits per heavy atom. The predicted octanol–water partition coefficient (Wildman–Crippen LogP) is 5.81. The number of barbiturate groups is 1. The lowest BCUT2D eigenvalue weighted by Gasteiger charge is -2.28. The molecular weight excluding hydrogens is 503 g/mol. The van der Waals surface area contributed by atoms with E-state index in [0.717, 1.165) is 16.0 Å². The predicted molar refractivity (Wildman–Crippen MR) is 139 cm³/mol. The maximum atomic E-state index is 13.4. The zero-order valence-electron chi connectivity index (χ0n) is 19.5. The van der Waals surface area contributed by atoms with Gasteiger partial charge in [0.15, 0.2) is 0 Å². The number of benzene rings is 3. The average molecular weight is 525 g/mol. The van der Waals surface area contributed by atoms with Crippen molar-refractivity contribution in [3.8, 4) is 11.5 Å². The molecule has 1 heterocycles. The highest BCUT2D eigenvalue weighted by Crippen LogP contribution is 2.31. The Labute approximate surface area is 218 Å². The fraction of sp³-hybridized carbons (Fsp3) is 0.148. The monoisotopic (exact) mass is 524 g/mol. The molecule has 0 aromatic heterocycles. The highest BCUT2D eigenvalue weighted by molar-refractivity contribution is 6.42. The van der Waals surface area contributed by atoms with Crippen LogP contribution >= 0.6 is 23.2 Å². The third kappa shape index (κ3) is 5.22. The molecule has 3 aromatic carbocycles. The first-order valence-electron chi connectivity index (χ1n) is 11.1. The first-order valence-corrected chi connectivity index (χ1v) is 11.8. The summed E-state index contributed by atoms with van der Waals surface area (Å²) in [6.07, 6.45) is 2.00. The Hall–Kier alpha value is -3.81. The van der Waals surface area contributed by atoms with Crippen LogP contribution in [0, 0.1) is 0 Å². The Morgan fingerprint density at radius 2 is 1.75 bits per heavy atom. The van der Waals surface area contributed by atoms with Crippen LogP contribution in [0.1, 0.15) is 23.6 Å². The molecule has 7 nitrogen and oxygen atoms in total. The van der Waals surface area contributed by atoms with E-state index in [1.165, 1.54) is 13.2 Å². The van der Waals surface area contributed by atoms with Crippen molar-refractivity contribution in [2.45, 2.75) is 20.0 Å². The molecule has 1 saturated heterocycles. The van der Waals surface area contributed by atoms with E-state index < -0.39 is 17.8 Å². The number of urea groups is 1. The Kier molecular flexibility index (Phi) is 7.62. The molecule has 3 aromatic rings. The minimum absolute atomic E-state index is 0.148. The number of hydrogen-bond donors (Lipinski definition) is 1. The topological polar surface area (TPSA) is 84.9 Å². The number of ether oxygens (including phenoxy) is 2. The zero-order valence-corrected chi connectivity index (χ0v) is 21.0. The second kappa shape index (κ2) is 10.8. The third-order valence-corrected chi connectivity index (χ3v) is 6.35. The number of amides is 4. The quantitative estimate of drug-likeness (QED) is 0.311. The first kappa shape index (κ1) is 25.3. The average Bonchev–Trinajstić information content (AvgIpc) is 2.87. The normalized spacial score (nSPS) is 14.7. The molecule has 1 aliphatic heterocycles. The van der Waals surface area contributed by atoms with Gasteiger partial charge < -0.3 is 9.47 Å². The van der Waals surface area contributed by atoms with E-state index >= 15 is 0 Å². The van der Waals surface area contributed by atoms with Gasteiger partial charge in [-0.15, -0.1) is 0 Å². The second-order valence-corrected chi connectivity index (χ2v) is 8.70. The van der Waals surface area contributed by atoms with Crippen molar-refractivity contribution in [1.82, 2.24) is 5.32 Å². The van der Waals surface area contributed by atoms with Gasteiger partial charge in [-0.1, -0.05) is 54.4 Å². The highest BCUT2D eigenvalue weighted by Gasteiger charge is 2.37. The van der Waals surface area contributed by atoms with Gasteiger partial charge in [0, 0.05) is 11.6 Å². The second-order valence-electron chi connectivity index (χ2n) is 7.88. The van der Waals surface area contributed by atoms with E-state index in [-0.39, 0.29) is 12.2 Å². The molecule has 0 bridgehead atoms. The van der Waals surface area contributed by atoms with Gasteiger partial charge in [0.2, 0.25) is 0 Å². The standard InChI is InChI=1S/C27H22Cl2N2O5/c1-3-17-6-4-5-7-23(17)31-26(33)20(25(32)30-27(31)34)13-18-9-10-19(35-2)14-24(18)36-15-16-8-11-21(28)22(29)12-16/h4-14H,3,15H2,1-2H3,(H,30,32,34)/b20-13-. The van der Waals surface area contributed by atoms with Crippen LogP contribution in [0.4, 0.5) is 10.5 Å². The number of carbonyl (C=O) groups excluding carboxylic acids is 3. The summed E-state index contributed by atoms with van der Waals surface area (Å²) in [6, 6.07) is 16.4. The van der Waals surface area contributed by atoms with Crippen molar-refractivity contribution in [2.24, 2.45) is 0 Å². The molecular formula is C27H22Cl2N2O5. The fourth-order valence-electron chi connectivity index (χ4n) is 3.74. The van der Waals surface area contributed by atoms with E-state index in [0.29, 0.717) is 39.2 Å². The van der Waals surface area contributed by atoms with Crippen LogP contribution in [-0.4, -0.2) is 25.0 Å². The summed E-state index contributed by atoms with van der Waals surface area (Å²) in [7, 11) is 1.52. The van der Waals surface area contributed by atoms with Gasteiger partial charge in [0.05, 0.1) is 22.8 Å². The summed E-state index contributed by atoms with van der Waals surface area (Å²) >= 11 is 12.1. The lowest BCUT2D eigenvalue weighted by atomic mass is 10.0. The first-order chi connectivity index (χ1) is 17.3. The molecule has 0 aliphatic carbocycles. The van der Waals surface area contributed by atoms with E-state index in [1.807, 2.05) is 19.1 Å². The SMILES string of the molecule is CCc1ccccc1N1C(=O)NC(=O)/C(=C/c2ccc(OC)cc2OCc2ccc(Cl)c(Cl)c2)C1=O. The van der Waals surface area contributed by atoms with Crippen LogP contribution in [-0.2, 0) is 22.6 Å². The van der Waals surface area contributed by atoms with Crippen molar-refractivity contribution in [3.63, 3.8) is 0 Å². The summed E-state index contributed by atoms with van der Waals surface area (Å²) in [5.74, 6) is -0.627. The van der Waals surface area contributed by atoms with Crippen molar-refractivity contribution >= 4 is 52.8 Å². The Morgan fingerprint density at radius 1 is 0.972 bits per heavy atom. The summed E-state index contributed by atoms with van der Waals surface area (Å²) in [5, 5.41) is 3.08. The molecule has 0 spiro atoms. The third-order valence-electron chi connectivity index (χ3n) is 5.61. The number of nitrogens with zero attached hydrogens (tertiary/aromatic N) is 1. The van der Waals surface area contributed by atoms with Crippen LogP contribution in [0.15, 0.2) is 66.2 Å². The molecule has 1 aliphatic rings. The lowest BCUT2D eigenvalue weighted by Crippen LogP contribution is -2.54. The van der Waals surface area contributed by atoms with Gasteiger partial charge in [0.25, 0.3) is 11.8 Å². The molecule has 9 heteroatoms. The molecule has 36 heavy (non-hydrogen) atoms. The van der Waals surface area contributed by atoms with Gasteiger partial charge in [-0.25, -0.2) is 9.69 Å². The van der Waals surface area contributed by atoms with Crippen molar-refractivity contribution in [1.29, 1.82) is 0 Å². The van der Waals surface area contributed by atoms with Crippen molar-refractivity contribution in [2.75, 3.05) is 12.0 Å². The molecule has 0 atom stereocenters. The maximum absolute atomic E-state index is 13.4. The van der Waals surface area contributed by atoms with Crippen LogP contribution in [0.3, 0.4) is 0 Å². The van der Waals surface area contributed by atoms with E-state index in [4.69, 9.17) is 32.7 Å². The molecule has 0 saturated carbocycles. The molecule has 1 fully saturated rings. The van der Waals surface area contributed by atoms with Crippen LogP contribution in [0.25, 0.3) is 6.08 Å². The summed E-state index contributed by atoms with van der Waals surface area (Å²) in [6.45, 7) is 2.07. The van der Waals surface area contributed by atoms with E-state index in [2.05, 4.69) is 5.32 Å². The summed E-state index contributed by atoms with van der Waals surface area (Å²) in [4.78, 5) is 39.7. The van der Waals surface area contributed by atoms with Gasteiger partial charge >= 0.3 is 6.03 Å². The molecule has 0 radical (unpaired) electrons. The number of imide groups is 2. The molecule has 4 rings (SSSR count). The summed E-state index contributed by atoms with van der Waals surface area (Å²) in [5.41, 5.74) is 2.24. The molecule has 184 valence electrons. The number of carbonyl (C=O) groups is 3. The lowest BCUT2D eigenvalue weighted by molar-refractivity contribution is -0.122. The van der Waals surface area contributed by atoms with Crippen LogP contribution < -0.4 is 19.7 Å². The number of para-hydroxylation sites is 1. The molecule has 4 amide bonds. The minimum atomic E-state index is -0.797.